The van der Waals surface area contributed by atoms with Gasteiger partial charge >= 0.3 is 6.18 Å². The Morgan fingerprint density at radius 2 is 1.80 bits per heavy atom. The van der Waals surface area contributed by atoms with Gasteiger partial charge in [0.2, 0.25) is 0 Å². The number of piperidine rings is 1. The van der Waals surface area contributed by atoms with Crippen LogP contribution >= 0.6 is 0 Å². The van der Waals surface area contributed by atoms with Crippen LogP contribution in [-0.2, 0) is 12.7 Å². The first-order valence-corrected chi connectivity index (χ1v) is 6.90. The fourth-order valence-corrected chi connectivity index (χ4v) is 2.63. The van der Waals surface area contributed by atoms with Gasteiger partial charge in [0.1, 0.15) is 0 Å². The van der Waals surface area contributed by atoms with Gasteiger partial charge in [-0.2, -0.15) is 13.2 Å². The Bertz CT molecular complexity index is 449. The largest absolute Gasteiger partial charge is 0.416 e. The summed E-state index contributed by atoms with van der Waals surface area (Å²) in [6.07, 6.45) is -2.36. The molecule has 112 valence electrons. The molecule has 1 N–H and O–H groups in total. The molecule has 0 aromatic heterocycles. The van der Waals surface area contributed by atoms with Crippen molar-refractivity contribution in [2.24, 2.45) is 0 Å². The molecule has 1 aliphatic heterocycles. The summed E-state index contributed by atoms with van der Waals surface area (Å²) in [5.74, 6) is 0. The summed E-state index contributed by atoms with van der Waals surface area (Å²) in [6.45, 7) is 4.18. The third-order valence-corrected chi connectivity index (χ3v) is 4.28. The molecule has 1 fully saturated rings. The molecular formula is C15H21F3N2. The Morgan fingerprint density at radius 3 is 2.35 bits per heavy atom. The van der Waals surface area contributed by atoms with Gasteiger partial charge in [-0.3, -0.25) is 4.90 Å². The standard InChI is InChI=1S/C15H21F3N2/c1-14(19-2)7-9-20(10-8-14)11-12-5-3-4-6-13(12)15(16,17)18/h3-6,19H,7-11H2,1-2H3. The van der Waals surface area contributed by atoms with E-state index >= 15 is 0 Å². The van der Waals surface area contributed by atoms with Crippen molar-refractivity contribution in [3.8, 4) is 0 Å². The number of hydrogen-bond acceptors (Lipinski definition) is 2. The second-order valence-corrected chi connectivity index (χ2v) is 5.74. The summed E-state index contributed by atoms with van der Waals surface area (Å²) in [4.78, 5) is 2.10. The lowest BCUT2D eigenvalue weighted by atomic mass is 9.89. The summed E-state index contributed by atoms with van der Waals surface area (Å²) >= 11 is 0. The maximum Gasteiger partial charge on any atom is 0.416 e. The molecule has 0 saturated carbocycles. The Balaban J connectivity index is 2.05. The third kappa shape index (κ3) is 3.52. The molecule has 0 radical (unpaired) electrons. The maximum atomic E-state index is 13.0. The van der Waals surface area contributed by atoms with E-state index in [0.717, 1.165) is 32.0 Å². The van der Waals surface area contributed by atoms with Crippen molar-refractivity contribution in [3.63, 3.8) is 0 Å². The molecule has 0 amide bonds. The minimum absolute atomic E-state index is 0.111. The van der Waals surface area contributed by atoms with E-state index in [0.29, 0.717) is 12.1 Å². The summed E-state index contributed by atoms with van der Waals surface area (Å²) in [6, 6.07) is 5.86. The zero-order chi connectivity index (χ0) is 14.8. The monoisotopic (exact) mass is 286 g/mol. The topological polar surface area (TPSA) is 15.3 Å². The average molecular weight is 286 g/mol. The number of nitrogens with zero attached hydrogens (tertiary/aromatic N) is 1. The third-order valence-electron chi connectivity index (χ3n) is 4.28. The Labute approximate surface area is 118 Å². The Kier molecular flexibility index (Phi) is 4.39. The van der Waals surface area contributed by atoms with E-state index in [1.165, 1.54) is 6.07 Å². The van der Waals surface area contributed by atoms with E-state index in [1.807, 2.05) is 7.05 Å². The van der Waals surface area contributed by atoms with Crippen LogP contribution in [0.5, 0.6) is 0 Å². The smallest absolute Gasteiger partial charge is 0.314 e. The van der Waals surface area contributed by atoms with Crippen molar-refractivity contribution in [3.05, 3.63) is 35.4 Å². The predicted octanol–water partition coefficient (Wildman–Crippen LogP) is 3.28. The number of alkyl halides is 3. The Morgan fingerprint density at radius 1 is 1.20 bits per heavy atom. The second kappa shape index (κ2) is 5.74. The molecule has 2 rings (SSSR count). The first-order valence-electron chi connectivity index (χ1n) is 6.90. The molecular weight excluding hydrogens is 265 g/mol. The van der Waals surface area contributed by atoms with Crippen LogP contribution in [0.3, 0.4) is 0 Å². The SMILES string of the molecule is CNC1(C)CCN(Cc2ccccc2C(F)(F)F)CC1. The first kappa shape index (κ1) is 15.3. The van der Waals surface area contributed by atoms with Gasteiger partial charge in [-0.1, -0.05) is 18.2 Å². The molecule has 0 aliphatic carbocycles. The van der Waals surface area contributed by atoms with Crippen LogP contribution in [-0.4, -0.2) is 30.6 Å². The van der Waals surface area contributed by atoms with Crippen molar-refractivity contribution in [2.45, 2.75) is 38.0 Å². The average Bonchev–Trinajstić information content (AvgIpc) is 2.41. The molecule has 1 aromatic rings. The molecule has 0 atom stereocenters. The normalized spacial score (nSPS) is 20.1. The van der Waals surface area contributed by atoms with Crippen LogP contribution in [0.25, 0.3) is 0 Å². The van der Waals surface area contributed by atoms with Gasteiger partial charge in [-0.15, -0.1) is 0 Å². The molecule has 1 heterocycles. The molecule has 0 bridgehead atoms. The van der Waals surface area contributed by atoms with E-state index in [4.69, 9.17) is 0 Å². The highest BCUT2D eigenvalue weighted by molar-refractivity contribution is 5.29. The second-order valence-electron chi connectivity index (χ2n) is 5.74. The first-order chi connectivity index (χ1) is 9.34. The highest BCUT2D eigenvalue weighted by Gasteiger charge is 2.34. The van der Waals surface area contributed by atoms with E-state index in [9.17, 15) is 13.2 Å². The van der Waals surface area contributed by atoms with Crippen LogP contribution in [0, 0.1) is 0 Å². The number of nitrogens with one attached hydrogen (secondary N) is 1. The number of likely N-dealkylation sites (tertiary alicyclic amines) is 1. The highest BCUT2D eigenvalue weighted by atomic mass is 19.4. The number of hydrogen-bond donors (Lipinski definition) is 1. The quantitative estimate of drug-likeness (QED) is 0.917. The van der Waals surface area contributed by atoms with Crippen LogP contribution in [0.1, 0.15) is 30.9 Å². The maximum absolute atomic E-state index is 13.0. The lowest BCUT2D eigenvalue weighted by Crippen LogP contribution is -2.49. The van der Waals surface area contributed by atoms with E-state index in [2.05, 4.69) is 17.1 Å². The number of halogens is 3. The minimum Gasteiger partial charge on any atom is -0.314 e. The fourth-order valence-electron chi connectivity index (χ4n) is 2.63. The molecule has 1 saturated heterocycles. The zero-order valence-electron chi connectivity index (χ0n) is 11.9. The van der Waals surface area contributed by atoms with Gasteiger partial charge in [-0.25, -0.2) is 0 Å². The van der Waals surface area contributed by atoms with Crippen molar-refractivity contribution in [1.82, 2.24) is 10.2 Å². The molecule has 2 nitrogen and oxygen atoms in total. The van der Waals surface area contributed by atoms with Gasteiger partial charge < -0.3 is 5.32 Å². The van der Waals surface area contributed by atoms with Gasteiger partial charge in [0.05, 0.1) is 5.56 Å². The lowest BCUT2D eigenvalue weighted by Gasteiger charge is -2.39. The Hall–Kier alpha value is -1.07. The summed E-state index contributed by atoms with van der Waals surface area (Å²) < 4.78 is 38.9. The number of rotatable bonds is 3. The van der Waals surface area contributed by atoms with E-state index in [1.54, 1.807) is 12.1 Å². The van der Waals surface area contributed by atoms with Crippen LogP contribution in [0.4, 0.5) is 13.2 Å². The minimum atomic E-state index is -4.27. The highest BCUT2D eigenvalue weighted by Crippen LogP contribution is 2.33. The summed E-state index contributed by atoms with van der Waals surface area (Å²) in [5.41, 5.74) is -0.0324. The summed E-state index contributed by atoms with van der Waals surface area (Å²) in [5, 5.41) is 3.29. The molecule has 5 heteroatoms. The molecule has 1 aromatic carbocycles. The molecule has 0 unspecified atom stereocenters. The van der Waals surface area contributed by atoms with E-state index < -0.39 is 11.7 Å². The van der Waals surface area contributed by atoms with Gasteiger partial charge in [0, 0.05) is 25.2 Å². The fraction of sp³-hybridized carbons (Fsp3) is 0.600. The molecule has 0 spiro atoms. The molecule has 1 aliphatic rings. The van der Waals surface area contributed by atoms with Crippen molar-refractivity contribution < 1.29 is 13.2 Å². The van der Waals surface area contributed by atoms with Gasteiger partial charge in [-0.05, 0) is 38.4 Å². The van der Waals surface area contributed by atoms with Crippen molar-refractivity contribution >= 4 is 0 Å². The van der Waals surface area contributed by atoms with Crippen LogP contribution in [0.15, 0.2) is 24.3 Å². The van der Waals surface area contributed by atoms with Crippen molar-refractivity contribution in [2.75, 3.05) is 20.1 Å². The summed E-state index contributed by atoms with van der Waals surface area (Å²) in [7, 11) is 1.94. The number of benzene rings is 1. The van der Waals surface area contributed by atoms with E-state index in [-0.39, 0.29) is 5.54 Å². The van der Waals surface area contributed by atoms with Gasteiger partial charge in [0.15, 0.2) is 0 Å². The van der Waals surface area contributed by atoms with Crippen LogP contribution < -0.4 is 5.32 Å². The lowest BCUT2D eigenvalue weighted by molar-refractivity contribution is -0.138. The molecule has 20 heavy (non-hydrogen) atoms. The van der Waals surface area contributed by atoms with Crippen LogP contribution in [0.2, 0.25) is 0 Å². The predicted molar refractivity (Wildman–Crippen MR) is 73.4 cm³/mol. The van der Waals surface area contributed by atoms with Crippen molar-refractivity contribution in [1.29, 1.82) is 0 Å². The zero-order valence-corrected chi connectivity index (χ0v) is 11.9. The van der Waals surface area contributed by atoms with Gasteiger partial charge in [0.25, 0.3) is 0 Å².